The van der Waals surface area contributed by atoms with Crippen LogP contribution in [0.5, 0.6) is 0 Å². The Morgan fingerprint density at radius 2 is 1.89 bits per heavy atom. The zero-order chi connectivity index (χ0) is 19.0. The first-order chi connectivity index (χ1) is 13.0. The summed E-state index contributed by atoms with van der Waals surface area (Å²) in [6.07, 6.45) is 3.42. The summed E-state index contributed by atoms with van der Waals surface area (Å²) in [6.45, 7) is 2.68. The summed E-state index contributed by atoms with van der Waals surface area (Å²) in [7, 11) is 0. The molecule has 0 saturated heterocycles. The van der Waals surface area contributed by atoms with Crippen molar-refractivity contribution >= 4 is 5.91 Å². The van der Waals surface area contributed by atoms with E-state index in [0.717, 1.165) is 16.8 Å². The third-order valence-electron chi connectivity index (χ3n) is 5.12. The zero-order valence-electron chi connectivity index (χ0n) is 14.8. The highest BCUT2D eigenvalue weighted by atomic mass is 19.1. The highest BCUT2D eigenvalue weighted by Gasteiger charge is 2.44. The maximum atomic E-state index is 13.5. The first kappa shape index (κ1) is 17.0. The molecule has 27 heavy (non-hydrogen) atoms. The summed E-state index contributed by atoms with van der Waals surface area (Å²) in [6, 6.07) is 15.3. The summed E-state index contributed by atoms with van der Waals surface area (Å²) >= 11 is 0. The number of hydrogen-bond acceptors (Lipinski definition) is 3. The molecule has 6 heteroatoms. The number of hydrogen-bond donors (Lipinski definition) is 0. The SMILES string of the molecule is CC1(c2ccc(C#N)cc2)C(=O)N(Cc2ccc(F)cc2)Cc2cncn21. The van der Waals surface area contributed by atoms with Crippen LogP contribution in [0.2, 0.25) is 0 Å². The fourth-order valence-corrected chi connectivity index (χ4v) is 3.59. The van der Waals surface area contributed by atoms with Crippen LogP contribution in [0.1, 0.15) is 29.3 Å². The number of benzene rings is 2. The number of halogens is 1. The number of aromatic nitrogens is 2. The van der Waals surface area contributed by atoms with Gasteiger partial charge in [0, 0.05) is 12.7 Å². The van der Waals surface area contributed by atoms with E-state index in [1.165, 1.54) is 12.1 Å². The van der Waals surface area contributed by atoms with Gasteiger partial charge in [-0.3, -0.25) is 4.79 Å². The van der Waals surface area contributed by atoms with Crippen molar-refractivity contribution in [1.82, 2.24) is 14.5 Å². The average molecular weight is 360 g/mol. The molecule has 1 aliphatic heterocycles. The topological polar surface area (TPSA) is 61.9 Å². The highest BCUT2D eigenvalue weighted by Crippen LogP contribution is 2.35. The maximum absolute atomic E-state index is 13.5. The second-order valence-corrected chi connectivity index (χ2v) is 6.80. The predicted molar refractivity (Wildman–Crippen MR) is 96.8 cm³/mol. The molecule has 4 rings (SSSR count). The van der Waals surface area contributed by atoms with Crippen molar-refractivity contribution in [3.63, 3.8) is 0 Å². The minimum absolute atomic E-state index is 0.0676. The fourth-order valence-electron chi connectivity index (χ4n) is 3.59. The third-order valence-corrected chi connectivity index (χ3v) is 5.12. The number of carbonyl (C=O) groups is 1. The monoisotopic (exact) mass is 360 g/mol. The average Bonchev–Trinajstić information content (AvgIpc) is 3.17. The molecule has 1 aromatic heterocycles. The van der Waals surface area contributed by atoms with Crippen molar-refractivity contribution in [2.45, 2.75) is 25.6 Å². The van der Waals surface area contributed by atoms with Gasteiger partial charge in [0.1, 0.15) is 11.4 Å². The van der Waals surface area contributed by atoms with Crippen LogP contribution in [0.4, 0.5) is 4.39 Å². The minimum Gasteiger partial charge on any atom is -0.330 e. The van der Waals surface area contributed by atoms with E-state index in [4.69, 9.17) is 5.26 Å². The zero-order valence-corrected chi connectivity index (χ0v) is 14.8. The smallest absolute Gasteiger partial charge is 0.253 e. The van der Waals surface area contributed by atoms with E-state index in [1.54, 1.807) is 41.7 Å². The van der Waals surface area contributed by atoms with Crippen LogP contribution < -0.4 is 0 Å². The van der Waals surface area contributed by atoms with E-state index in [-0.39, 0.29) is 11.7 Å². The Balaban J connectivity index is 1.75. The van der Waals surface area contributed by atoms with Crippen LogP contribution in [-0.2, 0) is 23.4 Å². The van der Waals surface area contributed by atoms with Crippen LogP contribution >= 0.6 is 0 Å². The molecule has 0 fully saturated rings. The Morgan fingerprint density at radius 3 is 2.56 bits per heavy atom. The Morgan fingerprint density at radius 1 is 1.19 bits per heavy atom. The number of imidazole rings is 1. The molecule has 5 nitrogen and oxygen atoms in total. The van der Waals surface area contributed by atoms with Gasteiger partial charge in [-0.25, -0.2) is 9.37 Å². The molecule has 1 atom stereocenters. The molecular weight excluding hydrogens is 343 g/mol. The van der Waals surface area contributed by atoms with Gasteiger partial charge in [0.05, 0.1) is 30.2 Å². The van der Waals surface area contributed by atoms with Crippen molar-refractivity contribution in [1.29, 1.82) is 5.26 Å². The van der Waals surface area contributed by atoms with E-state index >= 15 is 0 Å². The third kappa shape index (κ3) is 2.77. The van der Waals surface area contributed by atoms with Gasteiger partial charge in [-0.1, -0.05) is 24.3 Å². The van der Waals surface area contributed by atoms with Crippen molar-refractivity contribution in [3.05, 3.63) is 89.3 Å². The second kappa shape index (κ2) is 6.36. The molecule has 0 N–H and O–H groups in total. The van der Waals surface area contributed by atoms with E-state index < -0.39 is 5.54 Å². The largest absolute Gasteiger partial charge is 0.330 e. The quantitative estimate of drug-likeness (QED) is 0.721. The number of carbonyl (C=O) groups excluding carboxylic acids is 1. The molecule has 1 unspecified atom stereocenters. The van der Waals surface area contributed by atoms with Crippen molar-refractivity contribution in [2.24, 2.45) is 0 Å². The van der Waals surface area contributed by atoms with Crippen molar-refractivity contribution in [3.8, 4) is 6.07 Å². The van der Waals surface area contributed by atoms with Crippen LogP contribution in [0.25, 0.3) is 0 Å². The number of amides is 1. The Bertz CT molecular complexity index is 1030. The van der Waals surface area contributed by atoms with Gasteiger partial charge in [-0.2, -0.15) is 5.26 Å². The number of rotatable bonds is 3. The van der Waals surface area contributed by atoms with Gasteiger partial charge in [-0.05, 0) is 42.3 Å². The van der Waals surface area contributed by atoms with E-state index in [0.29, 0.717) is 18.7 Å². The van der Waals surface area contributed by atoms with Crippen LogP contribution in [-0.4, -0.2) is 20.4 Å². The van der Waals surface area contributed by atoms with Crippen LogP contribution in [0.3, 0.4) is 0 Å². The Hall–Kier alpha value is -3.46. The second-order valence-electron chi connectivity index (χ2n) is 6.80. The van der Waals surface area contributed by atoms with Crippen LogP contribution in [0.15, 0.2) is 61.1 Å². The normalized spacial score (nSPS) is 18.9. The molecule has 1 amide bonds. The molecule has 0 aliphatic carbocycles. The minimum atomic E-state index is -0.960. The van der Waals surface area contributed by atoms with E-state index in [1.807, 2.05) is 23.6 Å². The standard InChI is InChI=1S/C21H17FN4O/c1-21(17-6-2-15(10-23)3-7-17)20(27)25(13-19-11-24-14-26(19)21)12-16-4-8-18(22)9-5-16/h2-9,11,14H,12-13H2,1H3. The van der Waals surface area contributed by atoms with Gasteiger partial charge in [0.15, 0.2) is 0 Å². The van der Waals surface area contributed by atoms with Crippen molar-refractivity contribution < 1.29 is 9.18 Å². The molecule has 0 bridgehead atoms. The molecule has 134 valence electrons. The summed E-state index contributed by atoms with van der Waals surface area (Å²) in [5.74, 6) is -0.369. The number of fused-ring (bicyclic) bond motifs is 1. The summed E-state index contributed by atoms with van der Waals surface area (Å²) < 4.78 is 15.1. The molecule has 2 heterocycles. The van der Waals surface area contributed by atoms with Gasteiger partial charge in [0.2, 0.25) is 0 Å². The molecule has 2 aromatic carbocycles. The Kier molecular flexibility index (Phi) is 4.00. The maximum Gasteiger partial charge on any atom is 0.253 e. The lowest BCUT2D eigenvalue weighted by Crippen LogP contribution is -2.53. The van der Waals surface area contributed by atoms with Gasteiger partial charge in [0.25, 0.3) is 5.91 Å². The molecule has 3 aromatic rings. The Labute approximate surface area is 156 Å². The molecule has 1 aliphatic rings. The van der Waals surface area contributed by atoms with E-state index in [2.05, 4.69) is 11.1 Å². The summed E-state index contributed by atoms with van der Waals surface area (Å²) in [5.41, 5.74) is 2.15. The van der Waals surface area contributed by atoms with Gasteiger partial charge >= 0.3 is 0 Å². The summed E-state index contributed by atoms with van der Waals surface area (Å²) in [5, 5.41) is 9.04. The first-order valence-corrected chi connectivity index (χ1v) is 8.58. The lowest BCUT2D eigenvalue weighted by Gasteiger charge is -2.41. The molecule has 0 radical (unpaired) electrons. The van der Waals surface area contributed by atoms with Gasteiger partial charge in [-0.15, -0.1) is 0 Å². The number of nitriles is 1. The summed E-state index contributed by atoms with van der Waals surface area (Å²) in [4.78, 5) is 19.5. The lowest BCUT2D eigenvalue weighted by molar-refractivity contribution is -0.141. The molecule has 0 saturated carbocycles. The van der Waals surface area contributed by atoms with Gasteiger partial charge < -0.3 is 9.47 Å². The van der Waals surface area contributed by atoms with Crippen LogP contribution in [0, 0.1) is 17.1 Å². The first-order valence-electron chi connectivity index (χ1n) is 8.58. The number of nitrogens with zero attached hydrogens (tertiary/aromatic N) is 4. The lowest BCUT2D eigenvalue weighted by atomic mass is 9.87. The van der Waals surface area contributed by atoms with Crippen molar-refractivity contribution in [2.75, 3.05) is 0 Å². The molecular formula is C21H17FN4O. The highest BCUT2D eigenvalue weighted by molar-refractivity contribution is 5.89. The van der Waals surface area contributed by atoms with E-state index in [9.17, 15) is 9.18 Å². The fraction of sp³-hybridized carbons (Fsp3) is 0.190. The molecule has 0 spiro atoms. The predicted octanol–water partition coefficient (Wildman–Crippen LogP) is 3.20.